The molecular weight excluding hydrogens is 166 g/mol. The summed E-state index contributed by atoms with van der Waals surface area (Å²) < 4.78 is 0. The molecule has 2 N–H and O–H groups in total. The summed E-state index contributed by atoms with van der Waals surface area (Å²) >= 11 is 0. The molecule has 0 aromatic rings. The number of nitrogens with zero attached hydrogens (tertiary/aromatic N) is 1. The molecule has 2 atom stereocenters. The van der Waals surface area contributed by atoms with Gasteiger partial charge in [0, 0.05) is 32.2 Å². The summed E-state index contributed by atoms with van der Waals surface area (Å²) in [7, 11) is 0. The molecule has 0 aromatic carbocycles. The van der Waals surface area contributed by atoms with Crippen molar-refractivity contribution in [1.82, 2.24) is 15.5 Å². The second-order valence-electron chi connectivity index (χ2n) is 3.99. The number of nitrogens with one attached hydrogen (secondary N) is 2. The van der Waals surface area contributed by atoms with Gasteiger partial charge in [0.05, 0.1) is 0 Å². The van der Waals surface area contributed by atoms with E-state index in [2.05, 4.69) is 17.6 Å². The molecule has 1 saturated heterocycles. The van der Waals surface area contributed by atoms with E-state index >= 15 is 0 Å². The minimum absolute atomic E-state index is 0.0886. The van der Waals surface area contributed by atoms with Crippen molar-refractivity contribution in [3.63, 3.8) is 0 Å². The van der Waals surface area contributed by atoms with Crippen LogP contribution in [0.25, 0.3) is 0 Å². The zero-order valence-corrected chi connectivity index (χ0v) is 8.05. The minimum atomic E-state index is 0.0886. The van der Waals surface area contributed by atoms with Crippen LogP contribution in [0.4, 0.5) is 4.79 Å². The van der Waals surface area contributed by atoms with Crippen molar-refractivity contribution in [2.75, 3.05) is 26.2 Å². The number of urea groups is 1. The molecule has 0 aromatic heterocycles. The maximum absolute atomic E-state index is 11.1. The Morgan fingerprint density at radius 1 is 1.69 bits per heavy atom. The van der Waals surface area contributed by atoms with Gasteiger partial charge in [0.15, 0.2) is 0 Å². The summed E-state index contributed by atoms with van der Waals surface area (Å²) in [5.74, 6) is 0.840. The van der Waals surface area contributed by atoms with Crippen LogP contribution >= 0.6 is 0 Å². The topological polar surface area (TPSA) is 44.4 Å². The molecule has 4 nitrogen and oxygen atoms in total. The van der Waals surface area contributed by atoms with Crippen LogP contribution in [-0.2, 0) is 0 Å². The molecule has 1 aliphatic heterocycles. The second-order valence-corrected chi connectivity index (χ2v) is 3.99. The van der Waals surface area contributed by atoms with Crippen LogP contribution in [0.15, 0.2) is 0 Å². The van der Waals surface area contributed by atoms with Gasteiger partial charge < -0.3 is 15.5 Å². The fourth-order valence-corrected chi connectivity index (χ4v) is 1.72. The number of carbonyl (C=O) groups excluding carboxylic acids is 1. The first kappa shape index (κ1) is 8.81. The zero-order valence-electron chi connectivity index (χ0n) is 8.05. The van der Waals surface area contributed by atoms with E-state index in [0.29, 0.717) is 6.04 Å². The van der Waals surface area contributed by atoms with Crippen molar-refractivity contribution in [1.29, 1.82) is 0 Å². The van der Waals surface area contributed by atoms with Crippen molar-refractivity contribution >= 4 is 6.03 Å². The van der Waals surface area contributed by atoms with Crippen LogP contribution in [0.3, 0.4) is 0 Å². The highest BCUT2D eigenvalue weighted by Crippen LogP contribution is 2.28. The van der Waals surface area contributed by atoms with Gasteiger partial charge in [-0.1, -0.05) is 6.92 Å². The summed E-state index contributed by atoms with van der Waals surface area (Å²) in [6.07, 6.45) is 1.30. The van der Waals surface area contributed by atoms with Crippen LogP contribution in [-0.4, -0.2) is 43.2 Å². The lowest BCUT2D eigenvalue weighted by Crippen LogP contribution is -2.35. The van der Waals surface area contributed by atoms with Crippen molar-refractivity contribution in [2.45, 2.75) is 19.4 Å². The van der Waals surface area contributed by atoms with E-state index < -0.39 is 0 Å². The fraction of sp³-hybridized carbons (Fsp3) is 0.889. The lowest BCUT2D eigenvalue weighted by Gasteiger charge is -2.13. The molecule has 1 heterocycles. The summed E-state index contributed by atoms with van der Waals surface area (Å²) in [6.45, 7) is 5.69. The van der Waals surface area contributed by atoms with Gasteiger partial charge in [-0.15, -0.1) is 0 Å². The Bertz CT molecular complexity index is 207. The van der Waals surface area contributed by atoms with Crippen molar-refractivity contribution in [2.24, 2.45) is 5.92 Å². The van der Waals surface area contributed by atoms with Crippen molar-refractivity contribution < 1.29 is 4.79 Å². The maximum Gasteiger partial charge on any atom is 0.317 e. The fourth-order valence-electron chi connectivity index (χ4n) is 1.72. The van der Waals surface area contributed by atoms with Crippen molar-refractivity contribution in [3.05, 3.63) is 0 Å². The molecule has 1 saturated carbocycles. The van der Waals surface area contributed by atoms with E-state index in [-0.39, 0.29) is 6.03 Å². The molecule has 0 spiro atoms. The van der Waals surface area contributed by atoms with E-state index in [1.54, 1.807) is 0 Å². The molecule has 13 heavy (non-hydrogen) atoms. The summed E-state index contributed by atoms with van der Waals surface area (Å²) in [4.78, 5) is 13.0. The Kier molecular flexibility index (Phi) is 2.40. The third kappa shape index (κ3) is 2.12. The van der Waals surface area contributed by atoms with Crippen LogP contribution in [0.5, 0.6) is 0 Å². The van der Waals surface area contributed by atoms with Gasteiger partial charge in [-0.25, -0.2) is 4.79 Å². The number of amides is 2. The molecule has 0 radical (unpaired) electrons. The van der Waals surface area contributed by atoms with Gasteiger partial charge in [-0.05, 0) is 12.3 Å². The molecule has 74 valence electrons. The van der Waals surface area contributed by atoms with E-state index in [9.17, 15) is 4.79 Å². The molecule has 2 fully saturated rings. The van der Waals surface area contributed by atoms with Crippen LogP contribution in [0.2, 0.25) is 0 Å². The average molecular weight is 183 g/mol. The van der Waals surface area contributed by atoms with E-state index in [1.807, 2.05) is 4.90 Å². The molecule has 4 heteroatoms. The SMILES string of the molecule is CC1CC1NCCN1CCNC1=O. The molecule has 1 aliphatic carbocycles. The maximum atomic E-state index is 11.1. The summed E-state index contributed by atoms with van der Waals surface area (Å²) in [6, 6.07) is 0.802. The van der Waals surface area contributed by atoms with Crippen LogP contribution in [0.1, 0.15) is 13.3 Å². The van der Waals surface area contributed by atoms with Gasteiger partial charge in [-0.2, -0.15) is 0 Å². The van der Waals surface area contributed by atoms with Gasteiger partial charge in [0.1, 0.15) is 0 Å². The Balaban J connectivity index is 1.59. The molecular formula is C9H17N3O. The number of hydrogen-bond donors (Lipinski definition) is 2. The first-order valence-corrected chi connectivity index (χ1v) is 5.03. The molecule has 2 rings (SSSR count). The van der Waals surface area contributed by atoms with E-state index in [1.165, 1.54) is 6.42 Å². The largest absolute Gasteiger partial charge is 0.336 e. The Labute approximate surface area is 78.7 Å². The molecule has 2 aliphatic rings. The normalized spacial score (nSPS) is 32.1. The molecule has 0 bridgehead atoms. The number of rotatable bonds is 4. The van der Waals surface area contributed by atoms with E-state index in [4.69, 9.17) is 0 Å². The summed E-state index contributed by atoms with van der Waals surface area (Å²) in [5.41, 5.74) is 0. The smallest absolute Gasteiger partial charge is 0.317 e. The number of carbonyl (C=O) groups is 1. The standard InChI is InChI=1S/C9H17N3O/c1-7-6-8(7)10-2-4-12-5-3-11-9(12)13/h7-8,10H,2-6H2,1H3,(H,11,13). The summed E-state index contributed by atoms with van der Waals surface area (Å²) in [5, 5.41) is 6.22. The van der Waals surface area contributed by atoms with Gasteiger partial charge in [0.2, 0.25) is 0 Å². The predicted octanol–water partition coefficient (Wildman–Crippen LogP) is 0.00960. The highest BCUT2D eigenvalue weighted by atomic mass is 16.2. The second kappa shape index (κ2) is 3.54. The average Bonchev–Trinajstić information content (AvgIpc) is 2.63. The molecule has 2 amide bonds. The van der Waals surface area contributed by atoms with Crippen LogP contribution in [0, 0.1) is 5.92 Å². The Hall–Kier alpha value is -0.770. The first-order chi connectivity index (χ1) is 6.27. The quantitative estimate of drug-likeness (QED) is 0.645. The van der Waals surface area contributed by atoms with Gasteiger partial charge >= 0.3 is 6.03 Å². The monoisotopic (exact) mass is 183 g/mol. The van der Waals surface area contributed by atoms with Crippen molar-refractivity contribution in [3.8, 4) is 0 Å². The molecule has 2 unspecified atom stereocenters. The van der Waals surface area contributed by atoms with E-state index in [0.717, 1.165) is 32.1 Å². The van der Waals surface area contributed by atoms with Crippen LogP contribution < -0.4 is 10.6 Å². The highest BCUT2D eigenvalue weighted by molar-refractivity contribution is 5.76. The first-order valence-electron chi connectivity index (χ1n) is 5.03. The minimum Gasteiger partial charge on any atom is -0.336 e. The Morgan fingerprint density at radius 2 is 2.46 bits per heavy atom. The lowest BCUT2D eigenvalue weighted by molar-refractivity contribution is 0.217. The van der Waals surface area contributed by atoms with Gasteiger partial charge in [-0.3, -0.25) is 0 Å². The highest BCUT2D eigenvalue weighted by Gasteiger charge is 2.31. The third-order valence-electron chi connectivity index (χ3n) is 2.84. The van der Waals surface area contributed by atoms with Gasteiger partial charge in [0.25, 0.3) is 0 Å². The third-order valence-corrected chi connectivity index (χ3v) is 2.84. The number of hydrogen-bond acceptors (Lipinski definition) is 2. The Morgan fingerprint density at radius 3 is 3.00 bits per heavy atom. The lowest BCUT2D eigenvalue weighted by atomic mass is 10.4. The zero-order chi connectivity index (χ0) is 9.26. The predicted molar refractivity (Wildman–Crippen MR) is 50.5 cm³/mol.